The Morgan fingerprint density at radius 1 is 1.36 bits per heavy atom. The van der Waals surface area contributed by atoms with E-state index in [-0.39, 0.29) is 11.6 Å². The molecule has 2 nitrogen and oxygen atoms in total. The molecule has 0 radical (unpaired) electrons. The van der Waals surface area contributed by atoms with Crippen molar-refractivity contribution < 1.29 is 4.39 Å². The van der Waals surface area contributed by atoms with E-state index in [2.05, 4.69) is 25.7 Å². The zero-order valence-electron chi connectivity index (χ0n) is 7.47. The van der Waals surface area contributed by atoms with Crippen molar-refractivity contribution in [3.8, 4) is 0 Å². The zero-order chi connectivity index (χ0) is 8.65. The molecule has 0 aromatic rings. The summed E-state index contributed by atoms with van der Waals surface area (Å²) >= 11 is 0. The maximum atomic E-state index is 12.9. The number of likely N-dealkylation sites (tertiary alicyclic amines) is 1. The average Bonchev–Trinajstić information content (AvgIpc) is 2.11. The fourth-order valence-corrected chi connectivity index (χ4v) is 1.34. The predicted octanol–water partition coefficient (Wildman–Crippen LogP) is 0.766. The number of rotatable bonds is 0. The summed E-state index contributed by atoms with van der Waals surface area (Å²) in [5.74, 6) is 0. The molecule has 1 fully saturated rings. The van der Waals surface area contributed by atoms with Crippen molar-refractivity contribution in [2.24, 2.45) is 5.73 Å². The van der Waals surface area contributed by atoms with Crippen LogP contribution >= 0.6 is 0 Å². The lowest BCUT2D eigenvalue weighted by molar-refractivity contribution is 0.161. The van der Waals surface area contributed by atoms with Gasteiger partial charge in [0, 0.05) is 24.7 Å². The quantitative estimate of drug-likeness (QED) is 0.567. The summed E-state index contributed by atoms with van der Waals surface area (Å²) in [5, 5.41) is 0. The second-order valence-corrected chi connectivity index (χ2v) is 4.26. The van der Waals surface area contributed by atoms with Gasteiger partial charge in [-0.15, -0.1) is 0 Å². The molecule has 0 bridgehead atoms. The minimum atomic E-state index is -0.839. The molecule has 0 unspecified atom stereocenters. The number of hydrogen-bond acceptors (Lipinski definition) is 2. The predicted molar refractivity (Wildman–Crippen MR) is 44.2 cm³/mol. The summed E-state index contributed by atoms with van der Waals surface area (Å²) in [6.07, 6.45) is -0.839. The average molecular weight is 160 g/mol. The molecule has 1 heterocycles. The van der Waals surface area contributed by atoms with Crippen LogP contribution in [0.2, 0.25) is 0 Å². The molecule has 0 amide bonds. The monoisotopic (exact) mass is 160 g/mol. The largest absolute Gasteiger partial charge is 0.324 e. The maximum Gasteiger partial charge on any atom is 0.129 e. The van der Waals surface area contributed by atoms with Crippen LogP contribution in [0.4, 0.5) is 4.39 Å². The summed E-state index contributed by atoms with van der Waals surface area (Å²) < 4.78 is 12.9. The molecule has 0 spiro atoms. The van der Waals surface area contributed by atoms with Crippen LogP contribution in [0.1, 0.15) is 20.8 Å². The lowest BCUT2D eigenvalue weighted by Crippen LogP contribution is -2.40. The van der Waals surface area contributed by atoms with E-state index in [1.54, 1.807) is 0 Å². The number of nitrogens with two attached hydrogens (primary N) is 1. The van der Waals surface area contributed by atoms with E-state index in [0.717, 1.165) is 0 Å². The lowest BCUT2D eigenvalue weighted by atomic mass is 10.1. The molecule has 0 saturated carbocycles. The number of alkyl halides is 1. The van der Waals surface area contributed by atoms with Gasteiger partial charge in [-0.3, -0.25) is 4.90 Å². The van der Waals surface area contributed by atoms with Gasteiger partial charge in [-0.05, 0) is 20.8 Å². The highest BCUT2D eigenvalue weighted by atomic mass is 19.1. The van der Waals surface area contributed by atoms with Crippen LogP contribution in [0, 0.1) is 0 Å². The number of hydrogen-bond donors (Lipinski definition) is 1. The molecule has 66 valence electrons. The second kappa shape index (κ2) is 2.72. The molecule has 2 N–H and O–H groups in total. The highest BCUT2D eigenvalue weighted by Gasteiger charge is 2.35. The zero-order valence-corrected chi connectivity index (χ0v) is 7.47. The van der Waals surface area contributed by atoms with Gasteiger partial charge in [0.05, 0.1) is 0 Å². The Bertz CT molecular complexity index is 132. The number of halogens is 1. The van der Waals surface area contributed by atoms with E-state index >= 15 is 0 Å². The maximum absolute atomic E-state index is 12.9. The summed E-state index contributed by atoms with van der Waals surface area (Å²) in [6.45, 7) is 7.42. The van der Waals surface area contributed by atoms with Crippen LogP contribution in [0.15, 0.2) is 0 Å². The Labute approximate surface area is 67.6 Å². The van der Waals surface area contributed by atoms with Crippen molar-refractivity contribution in [3.05, 3.63) is 0 Å². The van der Waals surface area contributed by atoms with Crippen molar-refractivity contribution in [2.75, 3.05) is 13.1 Å². The highest BCUT2D eigenvalue weighted by molar-refractivity contribution is 4.92. The molecule has 0 aromatic heterocycles. The number of nitrogens with zero attached hydrogens (tertiary/aromatic N) is 1. The van der Waals surface area contributed by atoms with Crippen LogP contribution in [0.3, 0.4) is 0 Å². The van der Waals surface area contributed by atoms with Crippen molar-refractivity contribution in [2.45, 2.75) is 38.5 Å². The van der Waals surface area contributed by atoms with Crippen molar-refractivity contribution in [1.29, 1.82) is 0 Å². The van der Waals surface area contributed by atoms with Gasteiger partial charge in [0.25, 0.3) is 0 Å². The van der Waals surface area contributed by atoms with E-state index in [9.17, 15) is 4.39 Å². The van der Waals surface area contributed by atoms with Gasteiger partial charge in [-0.25, -0.2) is 4.39 Å². The smallest absolute Gasteiger partial charge is 0.129 e. The molecular formula is C8H17FN2. The van der Waals surface area contributed by atoms with Crippen molar-refractivity contribution >= 4 is 0 Å². The van der Waals surface area contributed by atoms with Crippen molar-refractivity contribution in [3.63, 3.8) is 0 Å². The van der Waals surface area contributed by atoms with Crippen LogP contribution in [-0.2, 0) is 0 Å². The van der Waals surface area contributed by atoms with Gasteiger partial charge < -0.3 is 5.73 Å². The van der Waals surface area contributed by atoms with Crippen LogP contribution in [0.5, 0.6) is 0 Å². The summed E-state index contributed by atoms with van der Waals surface area (Å²) in [7, 11) is 0. The van der Waals surface area contributed by atoms with E-state index in [0.29, 0.717) is 13.1 Å². The first-order valence-electron chi connectivity index (χ1n) is 4.06. The van der Waals surface area contributed by atoms with Gasteiger partial charge >= 0.3 is 0 Å². The first-order valence-corrected chi connectivity index (χ1v) is 4.06. The molecule has 1 saturated heterocycles. The molecular weight excluding hydrogens is 143 g/mol. The second-order valence-electron chi connectivity index (χ2n) is 4.26. The molecule has 1 rings (SSSR count). The van der Waals surface area contributed by atoms with E-state index in [4.69, 9.17) is 5.73 Å². The lowest BCUT2D eigenvalue weighted by Gasteiger charge is -2.31. The van der Waals surface area contributed by atoms with Gasteiger partial charge in [0.1, 0.15) is 6.17 Å². The molecule has 0 aliphatic carbocycles. The van der Waals surface area contributed by atoms with Crippen LogP contribution in [-0.4, -0.2) is 35.7 Å². The SMILES string of the molecule is CC(C)(C)N1C[C@H](N)[C@@H](F)C1. The Balaban J connectivity index is 2.54. The van der Waals surface area contributed by atoms with Crippen molar-refractivity contribution in [1.82, 2.24) is 4.90 Å². The summed E-state index contributed by atoms with van der Waals surface area (Å²) in [6, 6.07) is -0.283. The molecule has 0 aromatic carbocycles. The van der Waals surface area contributed by atoms with E-state index in [1.165, 1.54) is 0 Å². The Morgan fingerprint density at radius 2 is 1.91 bits per heavy atom. The fraction of sp³-hybridized carbons (Fsp3) is 1.00. The van der Waals surface area contributed by atoms with Gasteiger partial charge in [0.15, 0.2) is 0 Å². The first kappa shape index (κ1) is 8.94. The minimum Gasteiger partial charge on any atom is -0.324 e. The van der Waals surface area contributed by atoms with E-state index in [1.807, 2.05) is 0 Å². The molecule has 1 aliphatic heterocycles. The Morgan fingerprint density at radius 3 is 2.09 bits per heavy atom. The Kier molecular flexibility index (Phi) is 2.21. The van der Waals surface area contributed by atoms with E-state index < -0.39 is 6.17 Å². The fourth-order valence-electron chi connectivity index (χ4n) is 1.34. The highest BCUT2D eigenvalue weighted by Crippen LogP contribution is 2.21. The molecule has 1 aliphatic rings. The minimum absolute atomic E-state index is 0.0540. The molecule has 3 heteroatoms. The van der Waals surface area contributed by atoms with Gasteiger partial charge in [-0.1, -0.05) is 0 Å². The third-order valence-corrected chi connectivity index (χ3v) is 2.24. The standard InChI is InChI=1S/C8H17FN2/c1-8(2,3)11-4-6(9)7(10)5-11/h6-7H,4-5,10H2,1-3H3/t6-,7-/m0/s1. The van der Waals surface area contributed by atoms with Crippen LogP contribution in [0.25, 0.3) is 0 Å². The molecule has 11 heavy (non-hydrogen) atoms. The first-order chi connectivity index (χ1) is 4.91. The third-order valence-electron chi connectivity index (χ3n) is 2.24. The van der Waals surface area contributed by atoms with Gasteiger partial charge in [-0.2, -0.15) is 0 Å². The normalized spacial score (nSPS) is 34.6. The summed E-state index contributed by atoms with van der Waals surface area (Å²) in [4.78, 5) is 2.09. The Hall–Kier alpha value is -0.150. The third kappa shape index (κ3) is 1.91. The summed E-state index contributed by atoms with van der Waals surface area (Å²) in [5.41, 5.74) is 5.60. The topological polar surface area (TPSA) is 29.3 Å². The molecule has 2 atom stereocenters. The van der Waals surface area contributed by atoms with Crippen LogP contribution < -0.4 is 5.73 Å². The van der Waals surface area contributed by atoms with Gasteiger partial charge in [0.2, 0.25) is 0 Å².